The van der Waals surface area contributed by atoms with Crippen molar-refractivity contribution in [2.75, 3.05) is 13.2 Å². The van der Waals surface area contributed by atoms with Crippen LogP contribution in [0.3, 0.4) is 0 Å². The first-order valence-electron chi connectivity index (χ1n) is 8.56. The molecular formula is C20H21NO5. The summed E-state index contributed by atoms with van der Waals surface area (Å²) in [5.41, 5.74) is 0.928. The molecule has 0 unspecified atom stereocenters. The highest BCUT2D eigenvalue weighted by molar-refractivity contribution is 5.87. The van der Waals surface area contributed by atoms with Crippen LogP contribution in [0.4, 0.5) is 0 Å². The lowest BCUT2D eigenvalue weighted by Gasteiger charge is -2.27. The fourth-order valence-corrected chi connectivity index (χ4v) is 2.70. The van der Waals surface area contributed by atoms with Crippen LogP contribution in [0.1, 0.15) is 12.5 Å². The van der Waals surface area contributed by atoms with Gasteiger partial charge in [-0.15, -0.1) is 0 Å². The molecule has 6 heteroatoms. The second kappa shape index (κ2) is 8.38. The minimum Gasteiger partial charge on any atom is -0.485 e. The van der Waals surface area contributed by atoms with Crippen LogP contribution in [-0.4, -0.2) is 37.2 Å². The lowest BCUT2D eigenvalue weighted by atomic mass is 10.1. The summed E-state index contributed by atoms with van der Waals surface area (Å²) in [7, 11) is 0. The Hall–Kier alpha value is -3.02. The van der Waals surface area contributed by atoms with Gasteiger partial charge >= 0.3 is 5.97 Å². The molecule has 2 atom stereocenters. The maximum absolute atomic E-state index is 12.6. The molecule has 1 aliphatic heterocycles. The summed E-state index contributed by atoms with van der Waals surface area (Å²) in [5, 5.41) is 2.73. The number of fused-ring (bicyclic) bond motifs is 1. The molecule has 1 heterocycles. The van der Waals surface area contributed by atoms with Gasteiger partial charge in [-0.3, -0.25) is 4.79 Å². The van der Waals surface area contributed by atoms with Crippen molar-refractivity contribution in [3.05, 3.63) is 60.2 Å². The standard InChI is InChI=1S/C20H21NO5/c1-2-24-20(23)15(12-14-8-4-3-5-9-14)21-19(22)18-13-25-16-10-6-7-11-17(16)26-18/h3-11,15,18H,2,12-13H2,1H3,(H,21,22)/t15-,18-/m0/s1. The second-order valence-electron chi connectivity index (χ2n) is 5.87. The van der Waals surface area contributed by atoms with Gasteiger partial charge in [0.05, 0.1) is 6.61 Å². The summed E-state index contributed by atoms with van der Waals surface area (Å²) in [6, 6.07) is 15.8. The number of ether oxygens (including phenoxy) is 3. The summed E-state index contributed by atoms with van der Waals surface area (Å²) >= 11 is 0. The molecule has 0 aliphatic carbocycles. The van der Waals surface area contributed by atoms with Crippen LogP contribution >= 0.6 is 0 Å². The fraction of sp³-hybridized carbons (Fsp3) is 0.300. The molecule has 0 spiro atoms. The van der Waals surface area contributed by atoms with Gasteiger partial charge in [0.2, 0.25) is 6.10 Å². The summed E-state index contributed by atoms with van der Waals surface area (Å²) in [6.45, 7) is 2.06. The Morgan fingerprint density at radius 3 is 2.54 bits per heavy atom. The predicted octanol–water partition coefficient (Wildman–Crippen LogP) is 2.12. The Labute approximate surface area is 152 Å². The number of nitrogens with one attached hydrogen (secondary N) is 1. The molecule has 0 radical (unpaired) electrons. The van der Waals surface area contributed by atoms with Crippen molar-refractivity contribution in [3.63, 3.8) is 0 Å². The van der Waals surface area contributed by atoms with E-state index in [2.05, 4.69) is 5.32 Å². The van der Waals surface area contributed by atoms with E-state index in [0.29, 0.717) is 17.9 Å². The maximum atomic E-state index is 12.6. The van der Waals surface area contributed by atoms with Crippen LogP contribution in [0.5, 0.6) is 11.5 Å². The van der Waals surface area contributed by atoms with Crippen LogP contribution < -0.4 is 14.8 Å². The number of esters is 1. The Morgan fingerprint density at radius 2 is 1.81 bits per heavy atom. The number of benzene rings is 2. The Bertz CT molecular complexity index is 762. The van der Waals surface area contributed by atoms with Crippen molar-refractivity contribution in [3.8, 4) is 11.5 Å². The van der Waals surface area contributed by atoms with Gasteiger partial charge < -0.3 is 19.5 Å². The summed E-state index contributed by atoms with van der Waals surface area (Å²) in [6.07, 6.45) is -0.479. The van der Waals surface area contributed by atoms with E-state index in [9.17, 15) is 9.59 Å². The van der Waals surface area contributed by atoms with E-state index in [-0.39, 0.29) is 13.2 Å². The first kappa shape index (κ1) is 17.8. The molecule has 2 aromatic rings. The molecule has 136 valence electrons. The molecule has 0 saturated heterocycles. The average molecular weight is 355 g/mol. The molecule has 26 heavy (non-hydrogen) atoms. The highest BCUT2D eigenvalue weighted by Crippen LogP contribution is 2.30. The lowest BCUT2D eigenvalue weighted by Crippen LogP contribution is -2.51. The second-order valence-corrected chi connectivity index (χ2v) is 5.87. The van der Waals surface area contributed by atoms with Crippen LogP contribution in [0.2, 0.25) is 0 Å². The van der Waals surface area contributed by atoms with Gasteiger partial charge in [-0.2, -0.15) is 0 Å². The molecule has 0 aromatic heterocycles. The van der Waals surface area contributed by atoms with Gasteiger partial charge in [-0.1, -0.05) is 42.5 Å². The number of amides is 1. The number of hydrogen-bond acceptors (Lipinski definition) is 5. The third kappa shape index (κ3) is 4.33. The van der Waals surface area contributed by atoms with E-state index < -0.39 is 24.0 Å². The lowest BCUT2D eigenvalue weighted by molar-refractivity contribution is -0.148. The van der Waals surface area contributed by atoms with Crippen LogP contribution in [-0.2, 0) is 20.7 Å². The van der Waals surface area contributed by atoms with Crippen molar-refractivity contribution in [1.29, 1.82) is 0 Å². The molecule has 1 amide bonds. The summed E-state index contributed by atoms with van der Waals surface area (Å²) in [4.78, 5) is 24.8. The molecular weight excluding hydrogens is 334 g/mol. The van der Waals surface area contributed by atoms with Crippen molar-refractivity contribution < 1.29 is 23.8 Å². The Kier molecular flexibility index (Phi) is 5.73. The number of rotatable bonds is 6. The zero-order valence-electron chi connectivity index (χ0n) is 14.5. The third-order valence-corrected chi connectivity index (χ3v) is 3.97. The summed E-state index contributed by atoms with van der Waals surface area (Å²) in [5.74, 6) is 0.229. The normalized spacial score (nSPS) is 16.4. The van der Waals surface area contributed by atoms with Crippen LogP contribution in [0, 0.1) is 0 Å². The van der Waals surface area contributed by atoms with E-state index in [1.807, 2.05) is 36.4 Å². The largest absolute Gasteiger partial charge is 0.485 e. The molecule has 1 aliphatic rings. The number of para-hydroxylation sites is 2. The van der Waals surface area contributed by atoms with Crippen molar-refractivity contribution in [1.82, 2.24) is 5.32 Å². The predicted molar refractivity (Wildman–Crippen MR) is 95.1 cm³/mol. The van der Waals surface area contributed by atoms with Crippen molar-refractivity contribution >= 4 is 11.9 Å². The quantitative estimate of drug-likeness (QED) is 0.804. The zero-order valence-corrected chi connectivity index (χ0v) is 14.5. The zero-order chi connectivity index (χ0) is 18.4. The number of carbonyl (C=O) groups is 2. The minimum atomic E-state index is -0.822. The monoisotopic (exact) mass is 355 g/mol. The highest BCUT2D eigenvalue weighted by atomic mass is 16.6. The minimum absolute atomic E-state index is 0.0870. The van der Waals surface area contributed by atoms with Crippen LogP contribution in [0.25, 0.3) is 0 Å². The SMILES string of the molecule is CCOC(=O)[C@H](Cc1ccccc1)NC(=O)[C@@H]1COc2ccccc2O1. The summed E-state index contributed by atoms with van der Waals surface area (Å²) < 4.78 is 16.4. The van der Waals surface area contributed by atoms with E-state index in [1.165, 1.54) is 0 Å². The fourth-order valence-electron chi connectivity index (χ4n) is 2.70. The molecule has 3 rings (SSSR count). The molecule has 0 bridgehead atoms. The third-order valence-electron chi connectivity index (χ3n) is 3.97. The number of carbonyl (C=O) groups excluding carboxylic acids is 2. The Morgan fingerprint density at radius 1 is 1.12 bits per heavy atom. The molecule has 2 aromatic carbocycles. The van der Waals surface area contributed by atoms with Crippen molar-refractivity contribution in [2.24, 2.45) is 0 Å². The smallest absolute Gasteiger partial charge is 0.328 e. The van der Waals surface area contributed by atoms with Gasteiger partial charge in [0.1, 0.15) is 12.6 Å². The van der Waals surface area contributed by atoms with Crippen molar-refractivity contribution in [2.45, 2.75) is 25.5 Å². The molecule has 0 saturated carbocycles. The number of hydrogen-bond donors (Lipinski definition) is 1. The van der Waals surface area contributed by atoms with Gasteiger partial charge in [-0.25, -0.2) is 4.79 Å². The van der Waals surface area contributed by atoms with Gasteiger partial charge in [-0.05, 0) is 24.6 Å². The molecule has 1 N–H and O–H groups in total. The molecule has 0 fully saturated rings. The topological polar surface area (TPSA) is 73.9 Å². The maximum Gasteiger partial charge on any atom is 0.328 e. The Balaban J connectivity index is 1.68. The first-order chi connectivity index (χ1) is 12.7. The van der Waals surface area contributed by atoms with E-state index in [4.69, 9.17) is 14.2 Å². The van der Waals surface area contributed by atoms with Gasteiger partial charge in [0.15, 0.2) is 11.5 Å². The van der Waals surface area contributed by atoms with Crippen LogP contribution in [0.15, 0.2) is 54.6 Å². The van der Waals surface area contributed by atoms with E-state index >= 15 is 0 Å². The first-order valence-corrected chi connectivity index (χ1v) is 8.56. The highest BCUT2D eigenvalue weighted by Gasteiger charge is 2.31. The van der Waals surface area contributed by atoms with E-state index in [0.717, 1.165) is 5.56 Å². The van der Waals surface area contributed by atoms with Gasteiger partial charge in [0, 0.05) is 6.42 Å². The van der Waals surface area contributed by atoms with E-state index in [1.54, 1.807) is 25.1 Å². The average Bonchev–Trinajstić information content (AvgIpc) is 2.68. The van der Waals surface area contributed by atoms with Gasteiger partial charge in [0.25, 0.3) is 5.91 Å². The molecule has 6 nitrogen and oxygen atoms in total.